The molecule has 3 rings (SSSR count). The predicted octanol–water partition coefficient (Wildman–Crippen LogP) is 4.54. The predicted molar refractivity (Wildman–Crippen MR) is 87.2 cm³/mol. The van der Waals surface area contributed by atoms with Crippen molar-refractivity contribution in [3.05, 3.63) is 36.0 Å². The Morgan fingerprint density at radius 1 is 0.963 bits per heavy atom. The zero-order valence-corrected chi connectivity index (χ0v) is 14.8. The van der Waals surface area contributed by atoms with E-state index in [-0.39, 0.29) is 17.8 Å². The number of alkyl halides is 3. The van der Waals surface area contributed by atoms with Gasteiger partial charge in [0, 0.05) is 17.7 Å². The standard InChI is InChI=1S/C17H17F3N4O3/c1-9(2)8-25-10(3)13-21-15(26-23-13)12-6-4-11(5-7-12)14-22-16(27-24-14)17(18,19)20/h4-7,9-10H,8H2,1-3H3/t10-/m1/s1. The van der Waals surface area contributed by atoms with Crippen molar-refractivity contribution in [1.82, 2.24) is 20.3 Å². The van der Waals surface area contributed by atoms with Gasteiger partial charge >= 0.3 is 12.1 Å². The van der Waals surface area contributed by atoms with E-state index in [9.17, 15) is 13.2 Å². The Balaban J connectivity index is 1.73. The van der Waals surface area contributed by atoms with Gasteiger partial charge in [-0.2, -0.15) is 23.1 Å². The highest BCUT2D eigenvalue weighted by Gasteiger charge is 2.38. The van der Waals surface area contributed by atoms with E-state index in [1.807, 2.05) is 20.8 Å². The molecule has 7 nitrogen and oxygen atoms in total. The van der Waals surface area contributed by atoms with Crippen molar-refractivity contribution >= 4 is 0 Å². The van der Waals surface area contributed by atoms with Crippen LogP contribution in [0.3, 0.4) is 0 Å². The summed E-state index contributed by atoms with van der Waals surface area (Å²) in [5, 5.41) is 7.25. The van der Waals surface area contributed by atoms with Gasteiger partial charge in [-0.3, -0.25) is 0 Å². The van der Waals surface area contributed by atoms with Crippen LogP contribution in [-0.4, -0.2) is 26.9 Å². The van der Waals surface area contributed by atoms with Crippen LogP contribution in [0.2, 0.25) is 0 Å². The first kappa shape index (κ1) is 19.0. The maximum atomic E-state index is 12.5. The lowest BCUT2D eigenvalue weighted by molar-refractivity contribution is -0.159. The third kappa shape index (κ3) is 4.51. The fraction of sp³-hybridized carbons (Fsp3) is 0.412. The molecule has 0 aliphatic carbocycles. The highest BCUT2D eigenvalue weighted by molar-refractivity contribution is 5.62. The molecular formula is C17H17F3N4O3. The molecule has 0 amide bonds. The van der Waals surface area contributed by atoms with Gasteiger partial charge in [0.15, 0.2) is 0 Å². The molecule has 0 spiro atoms. The summed E-state index contributed by atoms with van der Waals surface area (Å²) in [5.41, 5.74) is 0.972. The Bertz CT molecular complexity index is 887. The van der Waals surface area contributed by atoms with Crippen molar-refractivity contribution in [1.29, 1.82) is 0 Å². The van der Waals surface area contributed by atoms with Crippen molar-refractivity contribution in [3.8, 4) is 22.8 Å². The molecule has 0 aliphatic rings. The topological polar surface area (TPSA) is 87.1 Å². The summed E-state index contributed by atoms with van der Waals surface area (Å²) in [4.78, 5) is 7.64. The normalized spacial score (nSPS) is 13.3. The average molecular weight is 382 g/mol. The quantitative estimate of drug-likeness (QED) is 0.618. The molecule has 0 saturated carbocycles. The minimum Gasteiger partial charge on any atom is -0.370 e. The Labute approximate surface area is 152 Å². The van der Waals surface area contributed by atoms with Gasteiger partial charge in [0.2, 0.25) is 11.6 Å². The molecule has 10 heteroatoms. The molecule has 0 saturated heterocycles. The van der Waals surface area contributed by atoms with Gasteiger partial charge in [-0.15, -0.1) is 0 Å². The third-order valence-electron chi connectivity index (χ3n) is 3.54. The molecule has 0 unspecified atom stereocenters. The van der Waals surface area contributed by atoms with Gasteiger partial charge in [0.05, 0.1) is 0 Å². The highest BCUT2D eigenvalue weighted by Crippen LogP contribution is 2.30. The molecule has 1 atom stereocenters. The van der Waals surface area contributed by atoms with Crippen LogP contribution in [0.15, 0.2) is 33.3 Å². The Morgan fingerprint density at radius 2 is 1.63 bits per heavy atom. The lowest BCUT2D eigenvalue weighted by atomic mass is 10.1. The Hall–Kier alpha value is -2.75. The first-order valence-electron chi connectivity index (χ1n) is 8.21. The molecule has 0 fully saturated rings. The number of ether oxygens (including phenoxy) is 1. The maximum Gasteiger partial charge on any atom is 0.471 e. The minimum absolute atomic E-state index is 0.157. The van der Waals surface area contributed by atoms with Crippen LogP contribution in [0.25, 0.3) is 22.8 Å². The van der Waals surface area contributed by atoms with E-state index in [0.717, 1.165) is 0 Å². The van der Waals surface area contributed by atoms with Crippen molar-refractivity contribution in [2.45, 2.75) is 33.1 Å². The maximum absolute atomic E-state index is 12.5. The van der Waals surface area contributed by atoms with Crippen LogP contribution in [-0.2, 0) is 10.9 Å². The minimum atomic E-state index is -4.68. The van der Waals surface area contributed by atoms with Crippen molar-refractivity contribution in [2.75, 3.05) is 6.61 Å². The van der Waals surface area contributed by atoms with Crippen LogP contribution >= 0.6 is 0 Å². The zero-order valence-electron chi connectivity index (χ0n) is 14.8. The molecule has 2 aromatic heterocycles. The molecular weight excluding hydrogens is 365 g/mol. The summed E-state index contributed by atoms with van der Waals surface area (Å²) in [7, 11) is 0. The summed E-state index contributed by atoms with van der Waals surface area (Å²) in [5.74, 6) is -0.466. The van der Waals surface area contributed by atoms with Crippen LogP contribution in [0.5, 0.6) is 0 Å². The molecule has 1 aromatic carbocycles. The van der Waals surface area contributed by atoms with E-state index in [4.69, 9.17) is 9.26 Å². The zero-order chi connectivity index (χ0) is 19.6. The van der Waals surface area contributed by atoms with Crippen molar-refractivity contribution in [2.24, 2.45) is 5.92 Å². The third-order valence-corrected chi connectivity index (χ3v) is 3.54. The highest BCUT2D eigenvalue weighted by atomic mass is 19.4. The fourth-order valence-corrected chi connectivity index (χ4v) is 2.15. The fourth-order valence-electron chi connectivity index (χ4n) is 2.15. The Kier molecular flexibility index (Phi) is 5.26. The first-order valence-corrected chi connectivity index (χ1v) is 8.21. The lowest BCUT2D eigenvalue weighted by Crippen LogP contribution is -2.07. The van der Waals surface area contributed by atoms with Crippen LogP contribution in [0, 0.1) is 5.92 Å². The van der Waals surface area contributed by atoms with Crippen LogP contribution in [0.1, 0.15) is 38.6 Å². The monoisotopic (exact) mass is 382 g/mol. The number of nitrogens with zero attached hydrogens (tertiary/aromatic N) is 4. The molecule has 0 aliphatic heterocycles. The number of benzene rings is 1. The second-order valence-electron chi connectivity index (χ2n) is 6.33. The Morgan fingerprint density at radius 3 is 2.22 bits per heavy atom. The van der Waals surface area contributed by atoms with Gasteiger partial charge in [0.1, 0.15) is 6.10 Å². The molecule has 0 N–H and O–H groups in total. The van der Waals surface area contributed by atoms with E-state index < -0.39 is 12.1 Å². The largest absolute Gasteiger partial charge is 0.471 e. The van der Waals surface area contributed by atoms with Gasteiger partial charge in [-0.25, -0.2) is 0 Å². The number of aromatic nitrogens is 4. The van der Waals surface area contributed by atoms with Crippen LogP contribution < -0.4 is 0 Å². The second-order valence-corrected chi connectivity index (χ2v) is 6.33. The number of hydrogen-bond donors (Lipinski definition) is 0. The average Bonchev–Trinajstić information content (AvgIpc) is 3.29. The van der Waals surface area contributed by atoms with Crippen molar-refractivity contribution < 1.29 is 27.0 Å². The molecule has 144 valence electrons. The van der Waals surface area contributed by atoms with E-state index in [1.165, 1.54) is 0 Å². The smallest absolute Gasteiger partial charge is 0.370 e. The molecule has 3 aromatic rings. The number of halogens is 3. The molecule has 2 heterocycles. The van der Waals surface area contributed by atoms with Crippen LogP contribution in [0.4, 0.5) is 13.2 Å². The van der Waals surface area contributed by atoms with Gasteiger partial charge < -0.3 is 13.8 Å². The SMILES string of the molecule is CC(C)CO[C@H](C)c1noc(-c2ccc(-c3noc(C(F)(F)F)n3)cc2)n1. The lowest BCUT2D eigenvalue weighted by Gasteiger charge is -2.10. The number of hydrogen-bond acceptors (Lipinski definition) is 7. The number of rotatable bonds is 6. The first-order chi connectivity index (χ1) is 12.7. The van der Waals surface area contributed by atoms with E-state index in [1.54, 1.807) is 24.3 Å². The van der Waals surface area contributed by atoms with E-state index >= 15 is 0 Å². The summed E-state index contributed by atoms with van der Waals surface area (Å²) in [6, 6.07) is 6.33. The molecule has 27 heavy (non-hydrogen) atoms. The van der Waals surface area contributed by atoms with Gasteiger partial charge in [0.25, 0.3) is 5.89 Å². The van der Waals surface area contributed by atoms with E-state index in [0.29, 0.717) is 29.5 Å². The van der Waals surface area contributed by atoms with Gasteiger partial charge in [-0.1, -0.05) is 36.3 Å². The summed E-state index contributed by atoms with van der Waals surface area (Å²) >= 11 is 0. The van der Waals surface area contributed by atoms with Crippen molar-refractivity contribution in [3.63, 3.8) is 0 Å². The summed E-state index contributed by atoms with van der Waals surface area (Å²) in [6.07, 6.45) is -5.00. The second kappa shape index (κ2) is 7.47. The summed E-state index contributed by atoms with van der Waals surface area (Å²) < 4.78 is 52.7. The molecule has 0 radical (unpaired) electrons. The van der Waals surface area contributed by atoms with Gasteiger partial charge in [-0.05, 0) is 25.0 Å². The summed E-state index contributed by atoms with van der Waals surface area (Å²) in [6.45, 7) is 6.48. The molecule has 0 bridgehead atoms. The van der Waals surface area contributed by atoms with E-state index in [2.05, 4.69) is 24.8 Å².